The number of halogens is 1. The van der Waals surface area contributed by atoms with Gasteiger partial charge in [-0.3, -0.25) is 0 Å². The highest BCUT2D eigenvalue weighted by Crippen LogP contribution is 2.17. The van der Waals surface area contributed by atoms with E-state index in [9.17, 15) is 0 Å². The topological polar surface area (TPSA) is 47.0 Å². The molecule has 0 saturated carbocycles. The minimum Gasteiger partial charge on any atom is -0.472 e. The fraction of sp³-hybridized carbons (Fsp3) is 0.231. The van der Waals surface area contributed by atoms with Crippen LogP contribution in [0.3, 0.4) is 0 Å². The molecule has 1 aromatic carbocycles. The van der Waals surface area contributed by atoms with Gasteiger partial charge in [0, 0.05) is 23.8 Å². The van der Waals surface area contributed by atoms with E-state index in [-0.39, 0.29) is 0 Å². The summed E-state index contributed by atoms with van der Waals surface area (Å²) < 4.78 is 5.67. The molecule has 2 aromatic rings. The van der Waals surface area contributed by atoms with Crippen molar-refractivity contribution in [3.8, 4) is 5.88 Å². The van der Waals surface area contributed by atoms with E-state index in [0.717, 1.165) is 16.1 Å². The Balaban J connectivity index is 2.07. The summed E-state index contributed by atoms with van der Waals surface area (Å²) in [5, 5.41) is 3.60. The monoisotopic (exact) mass is 263 g/mol. The Kier molecular flexibility index (Phi) is 3.99. The number of rotatable bonds is 4. The van der Waals surface area contributed by atoms with Crippen molar-refractivity contribution in [1.82, 2.24) is 9.97 Å². The van der Waals surface area contributed by atoms with Crippen LogP contribution in [-0.4, -0.2) is 17.0 Å². The molecule has 18 heavy (non-hydrogen) atoms. The third-order valence-corrected chi connectivity index (χ3v) is 2.69. The number of hydrogen-bond acceptors (Lipinski definition) is 4. The zero-order valence-electron chi connectivity index (χ0n) is 10.3. The zero-order valence-corrected chi connectivity index (χ0v) is 11.0. The molecule has 0 aliphatic carbocycles. The fourth-order valence-electron chi connectivity index (χ4n) is 1.43. The van der Waals surface area contributed by atoms with Crippen molar-refractivity contribution >= 4 is 17.5 Å². The van der Waals surface area contributed by atoms with Gasteiger partial charge in [0.2, 0.25) is 11.8 Å². The SMILES string of the molecule is CNc1ncc(C)c(OCc2ccc(Cl)cc2)n1. The molecular weight excluding hydrogens is 250 g/mol. The molecule has 0 saturated heterocycles. The molecular formula is C13H14ClN3O. The van der Waals surface area contributed by atoms with E-state index in [1.54, 1.807) is 13.2 Å². The first-order valence-electron chi connectivity index (χ1n) is 5.57. The average molecular weight is 264 g/mol. The van der Waals surface area contributed by atoms with Crippen LogP contribution in [0.25, 0.3) is 0 Å². The molecule has 94 valence electrons. The van der Waals surface area contributed by atoms with Gasteiger partial charge in [0.15, 0.2) is 0 Å². The first kappa shape index (κ1) is 12.6. The Morgan fingerprint density at radius 3 is 2.67 bits per heavy atom. The molecule has 0 atom stereocenters. The van der Waals surface area contributed by atoms with Crippen molar-refractivity contribution in [2.45, 2.75) is 13.5 Å². The number of ether oxygens (including phenoxy) is 1. The highest BCUT2D eigenvalue weighted by atomic mass is 35.5. The first-order valence-corrected chi connectivity index (χ1v) is 5.95. The summed E-state index contributed by atoms with van der Waals surface area (Å²) in [7, 11) is 1.77. The van der Waals surface area contributed by atoms with Crippen LogP contribution in [0.15, 0.2) is 30.5 Å². The summed E-state index contributed by atoms with van der Waals surface area (Å²) >= 11 is 5.82. The van der Waals surface area contributed by atoms with Crippen LogP contribution in [0.2, 0.25) is 5.02 Å². The van der Waals surface area contributed by atoms with Crippen LogP contribution < -0.4 is 10.1 Å². The average Bonchev–Trinajstić information content (AvgIpc) is 2.40. The van der Waals surface area contributed by atoms with E-state index >= 15 is 0 Å². The van der Waals surface area contributed by atoms with Gasteiger partial charge in [-0.25, -0.2) is 4.98 Å². The Bertz CT molecular complexity index is 528. The third kappa shape index (κ3) is 3.11. The Hall–Kier alpha value is -1.81. The van der Waals surface area contributed by atoms with E-state index in [1.165, 1.54) is 0 Å². The van der Waals surface area contributed by atoms with Gasteiger partial charge in [-0.1, -0.05) is 23.7 Å². The van der Waals surface area contributed by atoms with Gasteiger partial charge in [0.1, 0.15) is 6.61 Å². The predicted octanol–water partition coefficient (Wildman–Crippen LogP) is 3.06. The lowest BCUT2D eigenvalue weighted by molar-refractivity contribution is 0.291. The zero-order chi connectivity index (χ0) is 13.0. The Morgan fingerprint density at radius 2 is 2.00 bits per heavy atom. The number of nitrogens with zero attached hydrogens (tertiary/aromatic N) is 2. The minimum absolute atomic E-state index is 0.457. The molecule has 0 unspecified atom stereocenters. The van der Waals surface area contributed by atoms with Gasteiger partial charge in [-0.05, 0) is 24.6 Å². The van der Waals surface area contributed by atoms with Gasteiger partial charge >= 0.3 is 0 Å². The third-order valence-electron chi connectivity index (χ3n) is 2.44. The number of hydrogen-bond donors (Lipinski definition) is 1. The predicted molar refractivity (Wildman–Crippen MR) is 72.1 cm³/mol. The summed E-state index contributed by atoms with van der Waals surface area (Å²) in [6.07, 6.45) is 1.73. The molecule has 5 heteroatoms. The summed E-state index contributed by atoms with van der Waals surface area (Å²) in [6.45, 7) is 2.37. The molecule has 0 amide bonds. The van der Waals surface area contributed by atoms with E-state index in [2.05, 4.69) is 15.3 Å². The van der Waals surface area contributed by atoms with Gasteiger partial charge in [0.05, 0.1) is 0 Å². The summed E-state index contributed by atoms with van der Waals surface area (Å²) in [5.41, 5.74) is 1.95. The molecule has 4 nitrogen and oxygen atoms in total. The number of aryl methyl sites for hydroxylation is 1. The van der Waals surface area contributed by atoms with E-state index in [1.807, 2.05) is 31.2 Å². The molecule has 1 N–H and O–H groups in total. The molecule has 2 rings (SSSR count). The maximum Gasteiger partial charge on any atom is 0.225 e. The van der Waals surface area contributed by atoms with Crippen LogP contribution in [0.5, 0.6) is 5.88 Å². The van der Waals surface area contributed by atoms with Crippen molar-refractivity contribution < 1.29 is 4.74 Å². The smallest absolute Gasteiger partial charge is 0.225 e. The van der Waals surface area contributed by atoms with E-state index < -0.39 is 0 Å². The summed E-state index contributed by atoms with van der Waals surface area (Å²) in [4.78, 5) is 8.36. The normalized spacial score (nSPS) is 10.2. The van der Waals surface area contributed by atoms with Crippen molar-refractivity contribution in [3.05, 3.63) is 46.6 Å². The van der Waals surface area contributed by atoms with Crippen LogP contribution in [-0.2, 0) is 6.61 Å². The molecule has 1 aromatic heterocycles. The first-order chi connectivity index (χ1) is 8.69. The number of aromatic nitrogens is 2. The molecule has 0 radical (unpaired) electrons. The largest absolute Gasteiger partial charge is 0.472 e. The lowest BCUT2D eigenvalue weighted by atomic mass is 10.2. The molecule has 0 bridgehead atoms. The Labute approximate surface area is 111 Å². The summed E-state index contributed by atoms with van der Waals surface area (Å²) in [5.74, 6) is 1.14. The van der Waals surface area contributed by atoms with Crippen molar-refractivity contribution in [3.63, 3.8) is 0 Å². The fourth-order valence-corrected chi connectivity index (χ4v) is 1.55. The van der Waals surface area contributed by atoms with Crippen molar-refractivity contribution in [2.75, 3.05) is 12.4 Å². The van der Waals surface area contributed by atoms with Gasteiger partial charge in [-0.15, -0.1) is 0 Å². The molecule has 0 fully saturated rings. The molecule has 0 spiro atoms. The van der Waals surface area contributed by atoms with Gasteiger partial charge in [0.25, 0.3) is 0 Å². The summed E-state index contributed by atoms with van der Waals surface area (Å²) in [6, 6.07) is 7.54. The number of anilines is 1. The van der Waals surface area contributed by atoms with Crippen molar-refractivity contribution in [2.24, 2.45) is 0 Å². The number of nitrogens with one attached hydrogen (secondary N) is 1. The lowest BCUT2D eigenvalue weighted by Crippen LogP contribution is -2.03. The van der Waals surface area contributed by atoms with Crippen LogP contribution >= 0.6 is 11.6 Å². The lowest BCUT2D eigenvalue weighted by Gasteiger charge is -2.09. The second kappa shape index (κ2) is 5.69. The maximum absolute atomic E-state index is 5.82. The Morgan fingerprint density at radius 1 is 1.28 bits per heavy atom. The van der Waals surface area contributed by atoms with Crippen LogP contribution in [0, 0.1) is 6.92 Å². The second-order valence-electron chi connectivity index (χ2n) is 3.85. The quantitative estimate of drug-likeness (QED) is 0.921. The van der Waals surface area contributed by atoms with E-state index in [4.69, 9.17) is 16.3 Å². The minimum atomic E-state index is 0.457. The molecule has 0 aliphatic rings. The highest BCUT2D eigenvalue weighted by molar-refractivity contribution is 6.30. The maximum atomic E-state index is 5.82. The molecule has 0 aliphatic heterocycles. The van der Waals surface area contributed by atoms with Crippen LogP contribution in [0.1, 0.15) is 11.1 Å². The van der Waals surface area contributed by atoms with Gasteiger partial charge in [-0.2, -0.15) is 4.98 Å². The highest BCUT2D eigenvalue weighted by Gasteiger charge is 2.04. The second-order valence-corrected chi connectivity index (χ2v) is 4.28. The van der Waals surface area contributed by atoms with E-state index in [0.29, 0.717) is 18.4 Å². The standard InChI is InChI=1S/C13H14ClN3O/c1-9-7-16-13(15-2)17-12(9)18-8-10-3-5-11(14)6-4-10/h3-7H,8H2,1-2H3,(H,15,16,17). The van der Waals surface area contributed by atoms with Gasteiger partial charge < -0.3 is 10.1 Å². The van der Waals surface area contributed by atoms with Crippen LogP contribution in [0.4, 0.5) is 5.95 Å². The molecule has 1 heterocycles. The number of benzene rings is 1. The van der Waals surface area contributed by atoms with Crippen molar-refractivity contribution in [1.29, 1.82) is 0 Å².